The van der Waals surface area contributed by atoms with Crippen molar-refractivity contribution in [1.82, 2.24) is 9.13 Å². The molecule has 0 bridgehead atoms. The Morgan fingerprint density at radius 2 is 1.60 bits per heavy atom. The van der Waals surface area contributed by atoms with Gasteiger partial charge in [-0.15, -0.1) is 0 Å². The van der Waals surface area contributed by atoms with E-state index in [9.17, 15) is 9.59 Å². The zero-order valence-electron chi connectivity index (χ0n) is 16.8. The number of aryl methyl sites for hydroxylation is 2. The molecule has 0 fully saturated rings. The van der Waals surface area contributed by atoms with Crippen LogP contribution in [0.5, 0.6) is 0 Å². The van der Waals surface area contributed by atoms with Gasteiger partial charge in [-0.3, -0.25) is 9.59 Å². The van der Waals surface area contributed by atoms with E-state index < -0.39 is 5.91 Å². The Balaban J connectivity index is 1.56. The van der Waals surface area contributed by atoms with Gasteiger partial charge in [-0.2, -0.15) is 0 Å². The molecule has 0 aliphatic heterocycles. The molecule has 0 saturated heterocycles. The van der Waals surface area contributed by atoms with Gasteiger partial charge < -0.3 is 20.2 Å². The Kier molecular flexibility index (Phi) is 4.98. The molecule has 2 amide bonds. The van der Waals surface area contributed by atoms with Crippen molar-refractivity contribution in [2.75, 3.05) is 5.32 Å². The number of anilines is 1. The minimum absolute atomic E-state index is 0.164. The highest BCUT2D eigenvalue weighted by atomic mass is 16.2. The van der Waals surface area contributed by atoms with Crippen molar-refractivity contribution in [3.63, 3.8) is 0 Å². The lowest BCUT2D eigenvalue weighted by molar-refractivity contribution is 0.0991. The summed E-state index contributed by atoms with van der Waals surface area (Å²) in [6, 6.07) is 20.8. The third-order valence-electron chi connectivity index (χ3n) is 5.03. The number of nitrogens with two attached hydrogens (primary N) is 1. The SMILES string of the molecule is Cc1ccc(NC(=O)c2cc(-c3ccc(-n4cccc4C(N)=O)cc3)cn2C)cc1. The molecule has 0 aliphatic carbocycles. The highest BCUT2D eigenvalue weighted by Gasteiger charge is 2.14. The van der Waals surface area contributed by atoms with Crippen molar-refractivity contribution >= 4 is 17.5 Å². The molecule has 0 atom stereocenters. The maximum absolute atomic E-state index is 12.7. The van der Waals surface area contributed by atoms with Gasteiger partial charge in [-0.1, -0.05) is 29.8 Å². The van der Waals surface area contributed by atoms with Crippen LogP contribution in [-0.2, 0) is 7.05 Å². The first-order valence-electron chi connectivity index (χ1n) is 9.55. The zero-order chi connectivity index (χ0) is 21.3. The normalized spacial score (nSPS) is 10.7. The van der Waals surface area contributed by atoms with E-state index in [1.54, 1.807) is 22.9 Å². The van der Waals surface area contributed by atoms with Gasteiger partial charge in [0.15, 0.2) is 0 Å². The molecular weight excluding hydrogens is 376 g/mol. The number of primary amides is 1. The molecule has 4 rings (SSSR count). The topological polar surface area (TPSA) is 82.1 Å². The Hall–Kier alpha value is -4.06. The van der Waals surface area contributed by atoms with Crippen molar-refractivity contribution in [1.29, 1.82) is 0 Å². The lowest BCUT2D eigenvalue weighted by Crippen LogP contribution is -2.15. The van der Waals surface area contributed by atoms with Crippen molar-refractivity contribution in [3.8, 4) is 16.8 Å². The van der Waals surface area contributed by atoms with Crippen LogP contribution < -0.4 is 11.1 Å². The summed E-state index contributed by atoms with van der Waals surface area (Å²) >= 11 is 0. The van der Waals surface area contributed by atoms with Gasteiger partial charge in [0.05, 0.1) is 0 Å². The second-order valence-electron chi connectivity index (χ2n) is 7.22. The molecule has 0 radical (unpaired) electrons. The summed E-state index contributed by atoms with van der Waals surface area (Å²) in [5.74, 6) is -0.640. The summed E-state index contributed by atoms with van der Waals surface area (Å²) in [6.45, 7) is 2.01. The highest BCUT2D eigenvalue weighted by molar-refractivity contribution is 6.04. The van der Waals surface area contributed by atoms with E-state index in [0.29, 0.717) is 11.4 Å². The van der Waals surface area contributed by atoms with Gasteiger partial charge in [-0.25, -0.2) is 0 Å². The van der Waals surface area contributed by atoms with E-state index in [1.807, 2.05) is 79.3 Å². The predicted octanol–water partition coefficient (Wildman–Crippen LogP) is 4.14. The summed E-state index contributed by atoms with van der Waals surface area (Å²) in [4.78, 5) is 24.3. The number of nitrogens with zero attached hydrogens (tertiary/aromatic N) is 2. The van der Waals surface area contributed by atoms with Crippen molar-refractivity contribution in [2.24, 2.45) is 12.8 Å². The molecular formula is C24H22N4O2. The Bertz CT molecular complexity index is 1220. The first-order chi connectivity index (χ1) is 14.4. The molecule has 4 aromatic rings. The first-order valence-corrected chi connectivity index (χ1v) is 9.55. The molecule has 0 unspecified atom stereocenters. The third-order valence-corrected chi connectivity index (χ3v) is 5.03. The van der Waals surface area contributed by atoms with E-state index in [1.165, 1.54) is 0 Å². The first kappa shape index (κ1) is 19.3. The van der Waals surface area contributed by atoms with Crippen LogP contribution >= 0.6 is 0 Å². The van der Waals surface area contributed by atoms with E-state index in [0.717, 1.165) is 28.1 Å². The fourth-order valence-corrected chi connectivity index (χ4v) is 3.40. The number of hydrogen-bond acceptors (Lipinski definition) is 2. The average Bonchev–Trinajstić information content (AvgIpc) is 3.37. The Morgan fingerprint density at radius 1 is 0.900 bits per heavy atom. The quantitative estimate of drug-likeness (QED) is 0.530. The smallest absolute Gasteiger partial charge is 0.272 e. The van der Waals surface area contributed by atoms with Crippen LogP contribution in [-0.4, -0.2) is 20.9 Å². The number of carbonyl (C=O) groups excluding carboxylic acids is 2. The molecule has 2 aromatic carbocycles. The fourth-order valence-electron chi connectivity index (χ4n) is 3.40. The van der Waals surface area contributed by atoms with Crippen molar-refractivity contribution in [2.45, 2.75) is 6.92 Å². The largest absolute Gasteiger partial charge is 0.364 e. The monoisotopic (exact) mass is 398 g/mol. The van der Waals surface area contributed by atoms with Crippen molar-refractivity contribution in [3.05, 3.63) is 96.1 Å². The predicted molar refractivity (Wildman–Crippen MR) is 118 cm³/mol. The Morgan fingerprint density at radius 3 is 2.27 bits per heavy atom. The van der Waals surface area contributed by atoms with E-state index in [4.69, 9.17) is 5.73 Å². The standard InChI is InChI=1S/C24H22N4O2/c1-16-5-9-19(10-6-16)26-24(30)22-14-18(15-27(22)2)17-7-11-20(12-8-17)28-13-3-4-21(28)23(25)29/h3-15H,1-2H3,(H2,25,29)(H,26,30). The molecule has 0 aliphatic rings. The van der Waals surface area contributed by atoms with Crippen LogP contribution in [0, 0.1) is 6.92 Å². The second-order valence-corrected chi connectivity index (χ2v) is 7.22. The number of benzene rings is 2. The second kappa shape index (κ2) is 7.75. The number of rotatable bonds is 5. The average molecular weight is 398 g/mol. The van der Waals surface area contributed by atoms with Gasteiger partial charge >= 0.3 is 0 Å². The third kappa shape index (κ3) is 3.75. The van der Waals surface area contributed by atoms with Crippen LogP contribution in [0.2, 0.25) is 0 Å². The van der Waals surface area contributed by atoms with Gasteiger partial charge in [-0.05, 0) is 55.0 Å². The van der Waals surface area contributed by atoms with Crippen LogP contribution in [0.3, 0.4) is 0 Å². The number of nitrogens with one attached hydrogen (secondary N) is 1. The molecule has 6 heteroatoms. The molecule has 6 nitrogen and oxygen atoms in total. The number of aromatic nitrogens is 2. The van der Waals surface area contributed by atoms with E-state index in [-0.39, 0.29) is 5.91 Å². The van der Waals surface area contributed by atoms with Crippen LogP contribution in [0.15, 0.2) is 79.1 Å². The van der Waals surface area contributed by atoms with Crippen LogP contribution in [0.25, 0.3) is 16.8 Å². The molecule has 0 spiro atoms. The van der Waals surface area contributed by atoms with Gasteiger partial charge in [0, 0.05) is 36.4 Å². The molecule has 3 N–H and O–H groups in total. The molecule has 30 heavy (non-hydrogen) atoms. The maximum atomic E-state index is 12.7. The highest BCUT2D eigenvalue weighted by Crippen LogP contribution is 2.24. The summed E-state index contributed by atoms with van der Waals surface area (Å²) in [5.41, 5.74) is 11.1. The molecule has 150 valence electrons. The minimum Gasteiger partial charge on any atom is -0.364 e. The zero-order valence-corrected chi connectivity index (χ0v) is 16.8. The summed E-state index contributed by atoms with van der Waals surface area (Å²) in [6.07, 6.45) is 3.72. The van der Waals surface area contributed by atoms with E-state index in [2.05, 4.69) is 5.32 Å². The van der Waals surface area contributed by atoms with Crippen molar-refractivity contribution < 1.29 is 9.59 Å². The summed E-state index contributed by atoms with van der Waals surface area (Å²) in [7, 11) is 1.85. The molecule has 2 heterocycles. The van der Waals surface area contributed by atoms with Crippen LogP contribution in [0.1, 0.15) is 26.5 Å². The summed E-state index contributed by atoms with van der Waals surface area (Å²) < 4.78 is 3.56. The van der Waals surface area contributed by atoms with E-state index >= 15 is 0 Å². The molecule has 2 aromatic heterocycles. The van der Waals surface area contributed by atoms with Gasteiger partial charge in [0.25, 0.3) is 11.8 Å². The number of carbonyl (C=O) groups is 2. The Labute approximate surface area is 174 Å². The lowest BCUT2D eigenvalue weighted by Gasteiger charge is -2.07. The maximum Gasteiger partial charge on any atom is 0.272 e. The van der Waals surface area contributed by atoms with Gasteiger partial charge in [0.2, 0.25) is 0 Å². The number of hydrogen-bond donors (Lipinski definition) is 2. The minimum atomic E-state index is -0.476. The molecule has 0 saturated carbocycles. The lowest BCUT2D eigenvalue weighted by atomic mass is 10.1. The van der Waals surface area contributed by atoms with Gasteiger partial charge in [0.1, 0.15) is 11.4 Å². The number of amides is 2. The van der Waals surface area contributed by atoms with Crippen LogP contribution in [0.4, 0.5) is 5.69 Å². The summed E-state index contributed by atoms with van der Waals surface area (Å²) in [5, 5.41) is 2.93. The fraction of sp³-hybridized carbons (Fsp3) is 0.0833.